The van der Waals surface area contributed by atoms with Crippen LogP contribution in [0, 0.1) is 0 Å². The predicted molar refractivity (Wildman–Crippen MR) is 85.2 cm³/mol. The predicted octanol–water partition coefficient (Wildman–Crippen LogP) is 3.13. The van der Waals surface area contributed by atoms with Crippen LogP contribution in [0.25, 0.3) is 0 Å². The second-order valence-electron chi connectivity index (χ2n) is 4.69. The summed E-state index contributed by atoms with van der Waals surface area (Å²) in [5.74, 6) is 0.521. The van der Waals surface area contributed by atoms with Gasteiger partial charge in [-0.1, -0.05) is 0 Å². The van der Waals surface area contributed by atoms with Gasteiger partial charge in [0.05, 0.1) is 19.3 Å². The zero-order chi connectivity index (χ0) is 16.7. The summed E-state index contributed by atoms with van der Waals surface area (Å²) < 4.78 is 15.4. The molecule has 0 aliphatic rings. The summed E-state index contributed by atoms with van der Waals surface area (Å²) >= 11 is 0. The van der Waals surface area contributed by atoms with Crippen LogP contribution in [0.2, 0.25) is 0 Å². The van der Waals surface area contributed by atoms with Crippen LogP contribution in [-0.2, 0) is 4.74 Å². The van der Waals surface area contributed by atoms with E-state index in [1.807, 2.05) is 6.92 Å². The molecule has 5 heteroatoms. The van der Waals surface area contributed by atoms with E-state index in [0.29, 0.717) is 29.2 Å². The van der Waals surface area contributed by atoms with Gasteiger partial charge in [0, 0.05) is 5.56 Å². The number of rotatable bonds is 7. The topological polar surface area (TPSA) is 61.8 Å². The molecule has 0 aliphatic heterocycles. The molecule has 120 valence electrons. The summed E-state index contributed by atoms with van der Waals surface area (Å²) in [7, 11) is 1.55. The molecule has 2 aromatic carbocycles. The maximum absolute atomic E-state index is 12.0. The second kappa shape index (κ2) is 7.98. The molecule has 2 rings (SSSR count). The third kappa shape index (κ3) is 4.57. The largest absolute Gasteiger partial charge is 0.497 e. The summed E-state index contributed by atoms with van der Waals surface area (Å²) in [4.78, 5) is 23.9. The molecule has 0 aliphatic carbocycles. The molecule has 0 N–H and O–H groups in total. The van der Waals surface area contributed by atoms with Crippen molar-refractivity contribution in [3.05, 3.63) is 59.7 Å². The standard InChI is InChI=1S/C18H18O5/c1-3-22-16-10-6-14(7-11-16)18(20)23-12-17(19)13-4-8-15(21-2)9-5-13/h4-11H,3,12H2,1-2H3. The molecule has 0 amide bonds. The van der Waals surface area contributed by atoms with Crippen molar-refractivity contribution in [2.24, 2.45) is 0 Å². The Morgan fingerprint density at radius 2 is 1.43 bits per heavy atom. The van der Waals surface area contributed by atoms with Gasteiger partial charge in [-0.3, -0.25) is 4.79 Å². The van der Waals surface area contributed by atoms with Crippen molar-refractivity contribution < 1.29 is 23.8 Å². The number of carbonyl (C=O) groups excluding carboxylic acids is 2. The highest BCUT2D eigenvalue weighted by molar-refractivity contribution is 5.99. The Bertz CT molecular complexity index is 659. The van der Waals surface area contributed by atoms with Gasteiger partial charge in [0.2, 0.25) is 0 Å². The maximum atomic E-state index is 12.0. The lowest BCUT2D eigenvalue weighted by Crippen LogP contribution is -2.14. The zero-order valence-electron chi connectivity index (χ0n) is 13.1. The third-order valence-electron chi connectivity index (χ3n) is 3.15. The van der Waals surface area contributed by atoms with Crippen molar-refractivity contribution in [1.82, 2.24) is 0 Å². The Hall–Kier alpha value is -2.82. The molecule has 0 atom stereocenters. The Morgan fingerprint density at radius 1 is 0.870 bits per heavy atom. The van der Waals surface area contributed by atoms with Crippen molar-refractivity contribution in [3.8, 4) is 11.5 Å². The molecule has 0 radical (unpaired) electrons. The van der Waals surface area contributed by atoms with E-state index in [-0.39, 0.29) is 12.4 Å². The Labute approximate surface area is 134 Å². The molecular formula is C18H18O5. The number of Topliss-reactive ketones (excluding diaryl/α,β-unsaturated/α-hetero) is 1. The Balaban J connectivity index is 1.91. The average Bonchev–Trinajstić information content (AvgIpc) is 2.60. The Morgan fingerprint density at radius 3 is 2.00 bits per heavy atom. The molecule has 0 aromatic heterocycles. The molecule has 0 unspecified atom stereocenters. The molecular weight excluding hydrogens is 296 g/mol. The first-order valence-electron chi connectivity index (χ1n) is 7.21. The third-order valence-corrected chi connectivity index (χ3v) is 3.15. The number of esters is 1. The van der Waals surface area contributed by atoms with E-state index >= 15 is 0 Å². The first-order chi connectivity index (χ1) is 11.1. The molecule has 5 nitrogen and oxygen atoms in total. The van der Waals surface area contributed by atoms with Gasteiger partial charge in [0.25, 0.3) is 0 Å². The van der Waals surface area contributed by atoms with Crippen LogP contribution < -0.4 is 9.47 Å². The van der Waals surface area contributed by atoms with Gasteiger partial charge < -0.3 is 14.2 Å². The van der Waals surface area contributed by atoms with E-state index in [1.165, 1.54) is 0 Å². The number of carbonyl (C=O) groups is 2. The fourth-order valence-corrected chi connectivity index (χ4v) is 1.93. The number of benzene rings is 2. The quantitative estimate of drug-likeness (QED) is 0.580. The smallest absolute Gasteiger partial charge is 0.338 e. The molecule has 0 heterocycles. The second-order valence-corrected chi connectivity index (χ2v) is 4.69. The minimum absolute atomic E-state index is 0.271. The fourth-order valence-electron chi connectivity index (χ4n) is 1.93. The van der Waals surface area contributed by atoms with Crippen LogP contribution in [0.3, 0.4) is 0 Å². The van der Waals surface area contributed by atoms with E-state index in [1.54, 1.807) is 55.6 Å². The van der Waals surface area contributed by atoms with E-state index in [4.69, 9.17) is 14.2 Å². The van der Waals surface area contributed by atoms with Gasteiger partial charge in [-0.05, 0) is 55.5 Å². The molecule has 0 bridgehead atoms. The van der Waals surface area contributed by atoms with Crippen LogP contribution in [0.4, 0.5) is 0 Å². The van der Waals surface area contributed by atoms with Crippen molar-refractivity contribution in [2.75, 3.05) is 20.3 Å². The van der Waals surface area contributed by atoms with Crippen LogP contribution in [0.1, 0.15) is 27.6 Å². The average molecular weight is 314 g/mol. The minimum Gasteiger partial charge on any atom is -0.497 e. The Kier molecular flexibility index (Phi) is 5.74. The lowest BCUT2D eigenvalue weighted by atomic mass is 10.1. The molecule has 2 aromatic rings. The summed E-state index contributed by atoms with van der Waals surface area (Å²) in [6.45, 7) is 2.13. The highest BCUT2D eigenvalue weighted by atomic mass is 16.5. The van der Waals surface area contributed by atoms with Crippen molar-refractivity contribution >= 4 is 11.8 Å². The van der Waals surface area contributed by atoms with Crippen molar-refractivity contribution in [1.29, 1.82) is 0 Å². The minimum atomic E-state index is -0.546. The summed E-state index contributed by atoms with van der Waals surface area (Å²) in [6.07, 6.45) is 0. The van der Waals surface area contributed by atoms with E-state index in [2.05, 4.69) is 0 Å². The maximum Gasteiger partial charge on any atom is 0.338 e. The van der Waals surface area contributed by atoms with Crippen molar-refractivity contribution in [3.63, 3.8) is 0 Å². The van der Waals surface area contributed by atoms with Gasteiger partial charge in [-0.15, -0.1) is 0 Å². The first-order valence-corrected chi connectivity index (χ1v) is 7.21. The number of hydrogen-bond acceptors (Lipinski definition) is 5. The van der Waals surface area contributed by atoms with E-state index in [9.17, 15) is 9.59 Å². The summed E-state index contributed by atoms with van der Waals surface area (Å²) in [5, 5.41) is 0. The molecule has 0 spiro atoms. The van der Waals surface area contributed by atoms with Crippen LogP contribution >= 0.6 is 0 Å². The normalized spacial score (nSPS) is 10.0. The van der Waals surface area contributed by atoms with Gasteiger partial charge in [-0.25, -0.2) is 4.79 Å². The highest BCUT2D eigenvalue weighted by Crippen LogP contribution is 2.14. The van der Waals surface area contributed by atoms with Gasteiger partial charge in [0.1, 0.15) is 11.5 Å². The summed E-state index contributed by atoms with van der Waals surface area (Å²) in [5.41, 5.74) is 0.835. The fraction of sp³-hybridized carbons (Fsp3) is 0.222. The monoisotopic (exact) mass is 314 g/mol. The number of methoxy groups -OCH3 is 1. The number of hydrogen-bond donors (Lipinski definition) is 0. The van der Waals surface area contributed by atoms with Crippen LogP contribution in [-0.4, -0.2) is 32.1 Å². The van der Waals surface area contributed by atoms with E-state index in [0.717, 1.165) is 0 Å². The molecule has 23 heavy (non-hydrogen) atoms. The van der Waals surface area contributed by atoms with E-state index < -0.39 is 5.97 Å². The molecule has 0 saturated heterocycles. The summed E-state index contributed by atoms with van der Waals surface area (Å²) in [6, 6.07) is 13.2. The molecule has 0 fully saturated rings. The SMILES string of the molecule is CCOc1ccc(C(=O)OCC(=O)c2ccc(OC)cc2)cc1. The van der Waals surface area contributed by atoms with Gasteiger partial charge >= 0.3 is 5.97 Å². The highest BCUT2D eigenvalue weighted by Gasteiger charge is 2.12. The molecule has 0 saturated carbocycles. The lowest BCUT2D eigenvalue weighted by Gasteiger charge is -2.06. The first kappa shape index (κ1) is 16.5. The number of ether oxygens (including phenoxy) is 3. The van der Waals surface area contributed by atoms with Gasteiger partial charge in [-0.2, -0.15) is 0 Å². The van der Waals surface area contributed by atoms with Crippen LogP contribution in [0.5, 0.6) is 11.5 Å². The van der Waals surface area contributed by atoms with Crippen molar-refractivity contribution in [2.45, 2.75) is 6.92 Å². The number of ketones is 1. The zero-order valence-corrected chi connectivity index (χ0v) is 13.1. The van der Waals surface area contributed by atoms with Crippen LogP contribution in [0.15, 0.2) is 48.5 Å². The van der Waals surface area contributed by atoms with Gasteiger partial charge in [0.15, 0.2) is 12.4 Å². The lowest BCUT2D eigenvalue weighted by molar-refractivity contribution is 0.0474.